The van der Waals surface area contributed by atoms with Crippen LogP contribution in [0.1, 0.15) is 6.92 Å². The molecule has 1 aromatic carbocycles. The Morgan fingerprint density at radius 3 is 2.83 bits per heavy atom. The standard InChI is InChI=1S/C17H21N5O/c1-3-21-6-8-22(9-7-21)17-16-15(18-11-19-17)13-5-4-12(23-2)10-14(13)20-16/h4-5,10-11,20H,3,6-9H2,1-2H3/p+1. The van der Waals surface area contributed by atoms with E-state index in [1.807, 2.05) is 12.1 Å². The molecule has 1 aliphatic rings. The van der Waals surface area contributed by atoms with E-state index in [1.54, 1.807) is 18.3 Å². The molecule has 0 bridgehead atoms. The average molecular weight is 312 g/mol. The van der Waals surface area contributed by atoms with Gasteiger partial charge in [0.1, 0.15) is 23.1 Å². The number of quaternary nitrogens is 1. The molecule has 1 saturated heterocycles. The number of H-pyrrole nitrogens is 1. The van der Waals surface area contributed by atoms with E-state index >= 15 is 0 Å². The molecule has 120 valence electrons. The van der Waals surface area contributed by atoms with E-state index in [0.717, 1.165) is 59.7 Å². The van der Waals surface area contributed by atoms with Gasteiger partial charge in [-0.25, -0.2) is 9.97 Å². The maximum Gasteiger partial charge on any atom is 0.156 e. The molecule has 3 heterocycles. The van der Waals surface area contributed by atoms with E-state index in [4.69, 9.17) is 4.74 Å². The lowest BCUT2D eigenvalue weighted by molar-refractivity contribution is -0.898. The lowest BCUT2D eigenvalue weighted by Gasteiger charge is -2.32. The minimum absolute atomic E-state index is 0.846. The predicted molar refractivity (Wildman–Crippen MR) is 91.4 cm³/mol. The molecule has 0 amide bonds. The van der Waals surface area contributed by atoms with E-state index in [1.165, 1.54) is 6.54 Å². The maximum absolute atomic E-state index is 5.32. The Morgan fingerprint density at radius 1 is 1.26 bits per heavy atom. The molecule has 6 heteroatoms. The van der Waals surface area contributed by atoms with E-state index in [2.05, 4.69) is 32.8 Å². The minimum atomic E-state index is 0.846. The van der Waals surface area contributed by atoms with Crippen molar-refractivity contribution < 1.29 is 9.64 Å². The van der Waals surface area contributed by atoms with Gasteiger partial charge in [0.05, 0.1) is 45.4 Å². The van der Waals surface area contributed by atoms with E-state index in [9.17, 15) is 0 Å². The molecule has 23 heavy (non-hydrogen) atoms. The van der Waals surface area contributed by atoms with Crippen molar-refractivity contribution in [3.05, 3.63) is 24.5 Å². The van der Waals surface area contributed by atoms with E-state index in [0.29, 0.717) is 0 Å². The van der Waals surface area contributed by atoms with Crippen LogP contribution >= 0.6 is 0 Å². The number of aromatic nitrogens is 3. The highest BCUT2D eigenvalue weighted by Crippen LogP contribution is 2.31. The predicted octanol–water partition coefficient (Wildman–Crippen LogP) is 0.845. The first kappa shape index (κ1) is 14.3. The summed E-state index contributed by atoms with van der Waals surface area (Å²) >= 11 is 0. The van der Waals surface area contributed by atoms with Crippen LogP contribution in [0.25, 0.3) is 21.9 Å². The van der Waals surface area contributed by atoms with Crippen molar-refractivity contribution in [2.24, 2.45) is 0 Å². The van der Waals surface area contributed by atoms with Crippen molar-refractivity contribution in [3.8, 4) is 5.75 Å². The Kier molecular flexibility index (Phi) is 3.53. The molecule has 0 unspecified atom stereocenters. The third-order valence-electron chi connectivity index (χ3n) is 4.84. The third-order valence-corrected chi connectivity index (χ3v) is 4.84. The largest absolute Gasteiger partial charge is 0.497 e. The summed E-state index contributed by atoms with van der Waals surface area (Å²) in [6, 6.07) is 6.05. The van der Waals surface area contributed by atoms with Crippen LogP contribution in [0.5, 0.6) is 5.75 Å². The monoisotopic (exact) mass is 312 g/mol. The molecule has 4 rings (SSSR count). The molecule has 2 aromatic heterocycles. The van der Waals surface area contributed by atoms with Gasteiger partial charge < -0.3 is 19.5 Å². The summed E-state index contributed by atoms with van der Waals surface area (Å²) in [7, 11) is 1.69. The zero-order valence-electron chi connectivity index (χ0n) is 13.6. The number of nitrogens with zero attached hydrogens (tertiary/aromatic N) is 3. The molecule has 0 spiro atoms. The van der Waals surface area contributed by atoms with Crippen molar-refractivity contribution in [1.82, 2.24) is 15.0 Å². The van der Waals surface area contributed by atoms with Crippen LogP contribution in [-0.2, 0) is 0 Å². The van der Waals surface area contributed by atoms with Crippen LogP contribution in [0.3, 0.4) is 0 Å². The number of anilines is 1. The summed E-state index contributed by atoms with van der Waals surface area (Å²) < 4.78 is 5.32. The molecule has 6 nitrogen and oxygen atoms in total. The van der Waals surface area contributed by atoms with Crippen molar-refractivity contribution in [3.63, 3.8) is 0 Å². The first-order valence-electron chi connectivity index (χ1n) is 8.19. The Hall–Kier alpha value is -2.34. The van der Waals surface area contributed by atoms with Crippen LogP contribution in [0, 0.1) is 0 Å². The lowest BCUT2D eigenvalue weighted by atomic mass is 10.2. The Morgan fingerprint density at radius 2 is 2.09 bits per heavy atom. The van der Waals surface area contributed by atoms with Crippen molar-refractivity contribution >= 4 is 27.8 Å². The number of benzene rings is 1. The third kappa shape index (κ3) is 2.39. The van der Waals surface area contributed by atoms with Gasteiger partial charge in [0, 0.05) is 11.5 Å². The number of fused-ring (bicyclic) bond motifs is 3. The number of nitrogens with one attached hydrogen (secondary N) is 2. The molecule has 0 aliphatic carbocycles. The number of piperazine rings is 1. The fourth-order valence-corrected chi connectivity index (χ4v) is 3.42. The highest BCUT2D eigenvalue weighted by molar-refractivity contribution is 6.08. The van der Waals surface area contributed by atoms with Crippen molar-refractivity contribution in [2.45, 2.75) is 6.92 Å². The normalized spacial score (nSPS) is 16.3. The van der Waals surface area contributed by atoms with Crippen molar-refractivity contribution in [2.75, 3.05) is 44.7 Å². The Balaban J connectivity index is 1.78. The highest BCUT2D eigenvalue weighted by atomic mass is 16.5. The zero-order chi connectivity index (χ0) is 15.8. The molecular weight excluding hydrogens is 290 g/mol. The fourth-order valence-electron chi connectivity index (χ4n) is 3.42. The number of hydrogen-bond acceptors (Lipinski definition) is 4. The molecular formula is C17H22N5O+. The molecule has 1 aliphatic heterocycles. The van der Waals surface area contributed by atoms with Crippen LogP contribution in [0.2, 0.25) is 0 Å². The number of aromatic amines is 1. The van der Waals surface area contributed by atoms with E-state index < -0.39 is 0 Å². The molecule has 0 radical (unpaired) electrons. The van der Waals surface area contributed by atoms with Gasteiger partial charge in [0.2, 0.25) is 0 Å². The van der Waals surface area contributed by atoms with Gasteiger partial charge in [-0.2, -0.15) is 0 Å². The van der Waals surface area contributed by atoms with Crippen LogP contribution in [0.4, 0.5) is 5.82 Å². The first-order chi connectivity index (χ1) is 11.3. The van der Waals surface area contributed by atoms with E-state index in [-0.39, 0.29) is 0 Å². The average Bonchev–Trinajstić information content (AvgIpc) is 2.99. The molecule has 3 aromatic rings. The number of ether oxygens (including phenoxy) is 1. The Labute approximate surface area is 135 Å². The summed E-state index contributed by atoms with van der Waals surface area (Å²) in [4.78, 5) is 16.6. The van der Waals surface area contributed by atoms with Gasteiger partial charge in [0.25, 0.3) is 0 Å². The fraction of sp³-hybridized carbons (Fsp3) is 0.412. The molecule has 0 atom stereocenters. The summed E-state index contributed by atoms with van der Waals surface area (Å²) in [6.07, 6.45) is 1.67. The second kappa shape index (κ2) is 5.70. The summed E-state index contributed by atoms with van der Waals surface area (Å²) in [5.41, 5.74) is 3.05. The van der Waals surface area contributed by atoms with Gasteiger partial charge in [-0.05, 0) is 19.1 Å². The van der Waals surface area contributed by atoms with Gasteiger partial charge in [-0.15, -0.1) is 0 Å². The molecule has 0 saturated carbocycles. The van der Waals surface area contributed by atoms with Crippen molar-refractivity contribution in [1.29, 1.82) is 0 Å². The van der Waals surface area contributed by atoms with Gasteiger partial charge in [-0.1, -0.05) is 0 Å². The summed E-state index contributed by atoms with van der Waals surface area (Å²) in [6.45, 7) is 7.84. The second-order valence-corrected chi connectivity index (χ2v) is 6.05. The number of likely N-dealkylation sites (N-methyl/N-ethyl adjacent to an activating group) is 1. The molecule has 2 N–H and O–H groups in total. The SMILES string of the molecule is CC[NH+]1CCN(c2ncnc3c2[nH]c2cc(OC)ccc23)CC1. The minimum Gasteiger partial charge on any atom is -0.497 e. The maximum atomic E-state index is 5.32. The second-order valence-electron chi connectivity index (χ2n) is 6.05. The quantitative estimate of drug-likeness (QED) is 0.753. The Bertz CT molecular complexity index is 835. The number of hydrogen-bond donors (Lipinski definition) is 2. The van der Waals surface area contributed by atoms with Gasteiger partial charge in [-0.3, -0.25) is 0 Å². The van der Waals surface area contributed by atoms with Crippen LogP contribution in [0.15, 0.2) is 24.5 Å². The molecule has 1 fully saturated rings. The highest BCUT2D eigenvalue weighted by Gasteiger charge is 2.22. The first-order valence-corrected chi connectivity index (χ1v) is 8.19. The van der Waals surface area contributed by atoms with Crippen LogP contribution in [-0.4, -0.2) is 54.8 Å². The summed E-state index contributed by atoms with van der Waals surface area (Å²) in [5.74, 6) is 1.86. The topological polar surface area (TPSA) is 58.5 Å². The van der Waals surface area contributed by atoms with Gasteiger partial charge >= 0.3 is 0 Å². The summed E-state index contributed by atoms with van der Waals surface area (Å²) in [5, 5.41) is 1.11. The lowest BCUT2D eigenvalue weighted by Crippen LogP contribution is -3.14. The smallest absolute Gasteiger partial charge is 0.156 e. The number of methoxy groups -OCH3 is 1. The zero-order valence-corrected chi connectivity index (χ0v) is 13.6. The van der Waals surface area contributed by atoms with Gasteiger partial charge in [0.15, 0.2) is 5.82 Å². The van der Waals surface area contributed by atoms with Crippen LogP contribution < -0.4 is 14.5 Å². The number of rotatable bonds is 3.